The molecule has 19 heavy (non-hydrogen) atoms. The molecule has 0 amide bonds. The molecule has 3 rings (SSSR count). The number of rotatable bonds is 2. The standard InChI is InChI=1S/C16H13NO2/c1-2-16(18)19-13-7-8-15-12(10-13)9-11-5-3-4-6-14(11)17-15/h3-10H,2H2,1H3. The van der Waals surface area contributed by atoms with Gasteiger partial charge in [0.2, 0.25) is 0 Å². The van der Waals surface area contributed by atoms with Crippen molar-refractivity contribution in [2.45, 2.75) is 13.3 Å². The second kappa shape index (κ2) is 4.69. The molecular formula is C16H13NO2. The van der Waals surface area contributed by atoms with Gasteiger partial charge in [0.15, 0.2) is 0 Å². The Hall–Kier alpha value is -2.42. The molecule has 0 radical (unpaired) electrons. The van der Waals surface area contributed by atoms with Gasteiger partial charge in [-0.15, -0.1) is 0 Å². The monoisotopic (exact) mass is 251 g/mol. The van der Waals surface area contributed by atoms with Crippen LogP contribution >= 0.6 is 0 Å². The van der Waals surface area contributed by atoms with Gasteiger partial charge in [-0.25, -0.2) is 4.98 Å². The number of fused-ring (bicyclic) bond motifs is 2. The molecule has 0 aliphatic carbocycles. The predicted molar refractivity (Wildman–Crippen MR) is 75.2 cm³/mol. The van der Waals surface area contributed by atoms with Crippen LogP contribution in [-0.2, 0) is 4.79 Å². The van der Waals surface area contributed by atoms with Crippen LogP contribution in [0.25, 0.3) is 21.8 Å². The topological polar surface area (TPSA) is 39.2 Å². The van der Waals surface area contributed by atoms with Crippen molar-refractivity contribution >= 4 is 27.8 Å². The Morgan fingerprint density at radius 3 is 2.68 bits per heavy atom. The summed E-state index contributed by atoms with van der Waals surface area (Å²) >= 11 is 0. The van der Waals surface area contributed by atoms with Crippen molar-refractivity contribution in [2.75, 3.05) is 0 Å². The highest BCUT2D eigenvalue weighted by atomic mass is 16.5. The van der Waals surface area contributed by atoms with Crippen molar-refractivity contribution in [3.05, 3.63) is 48.5 Å². The highest BCUT2D eigenvalue weighted by Crippen LogP contribution is 2.23. The van der Waals surface area contributed by atoms with E-state index >= 15 is 0 Å². The molecule has 0 saturated carbocycles. The van der Waals surface area contributed by atoms with Crippen LogP contribution in [0.3, 0.4) is 0 Å². The molecule has 0 unspecified atom stereocenters. The third-order valence-corrected chi connectivity index (χ3v) is 3.01. The zero-order valence-corrected chi connectivity index (χ0v) is 10.6. The van der Waals surface area contributed by atoms with Gasteiger partial charge in [0, 0.05) is 17.2 Å². The Morgan fingerprint density at radius 2 is 1.84 bits per heavy atom. The summed E-state index contributed by atoms with van der Waals surface area (Å²) in [5.41, 5.74) is 1.86. The Bertz CT molecular complexity index is 765. The van der Waals surface area contributed by atoms with Gasteiger partial charge < -0.3 is 4.74 Å². The number of esters is 1. The summed E-state index contributed by atoms with van der Waals surface area (Å²) in [7, 11) is 0. The predicted octanol–water partition coefficient (Wildman–Crippen LogP) is 3.70. The van der Waals surface area contributed by atoms with E-state index in [1.54, 1.807) is 13.0 Å². The summed E-state index contributed by atoms with van der Waals surface area (Å²) in [5, 5.41) is 2.05. The molecule has 0 aliphatic heterocycles. The third kappa shape index (κ3) is 2.27. The zero-order chi connectivity index (χ0) is 13.2. The maximum atomic E-state index is 11.3. The summed E-state index contributed by atoms with van der Waals surface area (Å²) < 4.78 is 5.22. The second-order valence-electron chi connectivity index (χ2n) is 4.36. The van der Waals surface area contributed by atoms with Gasteiger partial charge in [0.05, 0.1) is 11.0 Å². The number of benzene rings is 2. The van der Waals surface area contributed by atoms with Crippen molar-refractivity contribution in [2.24, 2.45) is 0 Å². The summed E-state index contributed by atoms with van der Waals surface area (Å²) in [6.45, 7) is 1.78. The number of carbonyl (C=O) groups is 1. The molecule has 1 heterocycles. The molecule has 0 fully saturated rings. The summed E-state index contributed by atoms with van der Waals surface area (Å²) in [4.78, 5) is 15.9. The van der Waals surface area contributed by atoms with E-state index in [1.165, 1.54) is 0 Å². The van der Waals surface area contributed by atoms with Gasteiger partial charge in [0.25, 0.3) is 0 Å². The van der Waals surface area contributed by atoms with Crippen molar-refractivity contribution in [1.29, 1.82) is 0 Å². The molecule has 3 aromatic rings. The minimum absolute atomic E-state index is 0.229. The summed E-state index contributed by atoms with van der Waals surface area (Å²) in [6.07, 6.45) is 0.369. The smallest absolute Gasteiger partial charge is 0.310 e. The van der Waals surface area contributed by atoms with Crippen LogP contribution in [0.5, 0.6) is 5.75 Å². The third-order valence-electron chi connectivity index (χ3n) is 3.01. The Kier molecular flexibility index (Phi) is 2.88. The number of carbonyl (C=O) groups excluding carboxylic acids is 1. The number of para-hydroxylation sites is 1. The van der Waals surface area contributed by atoms with Crippen LogP contribution < -0.4 is 4.74 Å². The largest absolute Gasteiger partial charge is 0.427 e. The first-order chi connectivity index (χ1) is 9.26. The fourth-order valence-corrected chi connectivity index (χ4v) is 2.03. The molecule has 3 nitrogen and oxygen atoms in total. The number of hydrogen-bond acceptors (Lipinski definition) is 3. The van der Waals surface area contributed by atoms with Gasteiger partial charge in [-0.2, -0.15) is 0 Å². The van der Waals surface area contributed by atoms with Crippen LogP contribution in [0, 0.1) is 0 Å². The summed E-state index contributed by atoms with van der Waals surface area (Å²) in [5.74, 6) is 0.338. The molecule has 0 spiro atoms. The van der Waals surface area contributed by atoms with E-state index < -0.39 is 0 Å². The number of pyridine rings is 1. The SMILES string of the molecule is CCC(=O)Oc1ccc2nc3ccccc3cc2c1. The molecule has 0 atom stereocenters. The van der Waals surface area contributed by atoms with E-state index in [2.05, 4.69) is 11.1 Å². The Morgan fingerprint density at radius 1 is 1.05 bits per heavy atom. The molecule has 0 N–H and O–H groups in total. The lowest BCUT2D eigenvalue weighted by molar-refractivity contribution is -0.134. The van der Waals surface area contributed by atoms with Crippen LogP contribution in [-0.4, -0.2) is 11.0 Å². The van der Waals surface area contributed by atoms with Crippen molar-refractivity contribution in [3.63, 3.8) is 0 Å². The number of hydrogen-bond donors (Lipinski definition) is 0. The van der Waals surface area contributed by atoms with E-state index in [9.17, 15) is 4.79 Å². The Balaban J connectivity index is 2.11. The molecular weight excluding hydrogens is 238 g/mol. The van der Waals surface area contributed by atoms with E-state index in [0.717, 1.165) is 21.8 Å². The number of ether oxygens (including phenoxy) is 1. The zero-order valence-electron chi connectivity index (χ0n) is 10.6. The van der Waals surface area contributed by atoms with E-state index in [-0.39, 0.29) is 5.97 Å². The van der Waals surface area contributed by atoms with E-state index in [1.807, 2.05) is 36.4 Å². The average molecular weight is 251 g/mol. The fraction of sp³-hybridized carbons (Fsp3) is 0.125. The minimum Gasteiger partial charge on any atom is -0.427 e. The molecule has 0 saturated heterocycles. The first kappa shape index (κ1) is 11.7. The normalized spacial score (nSPS) is 10.8. The van der Waals surface area contributed by atoms with Gasteiger partial charge in [-0.1, -0.05) is 25.1 Å². The fourth-order valence-electron chi connectivity index (χ4n) is 2.03. The van der Waals surface area contributed by atoms with Gasteiger partial charge in [-0.3, -0.25) is 4.79 Å². The van der Waals surface area contributed by atoms with Gasteiger partial charge >= 0.3 is 5.97 Å². The lowest BCUT2D eigenvalue weighted by atomic mass is 10.1. The van der Waals surface area contributed by atoms with Crippen LogP contribution in [0.1, 0.15) is 13.3 Å². The van der Waals surface area contributed by atoms with Crippen molar-refractivity contribution in [3.8, 4) is 5.75 Å². The average Bonchev–Trinajstić information content (AvgIpc) is 2.45. The Labute approximate surface area is 110 Å². The number of aromatic nitrogens is 1. The lowest BCUT2D eigenvalue weighted by Gasteiger charge is -2.05. The first-order valence-corrected chi connectivity index (χ1v) is 6.26. The molecule has 3 heteroatoms. The highest BCUT2D eigenvalue weighted by molar-refractivity contribution is 5.93. The van der Waals surface area contributed by atoms with Crippen molar-refractivity contribution in [1.82, 2.24) is 4.98 Å². The highest BCUT2D eigenvalue weighted by Gasteiger charge is 2.04. The minimum atomic E-state index is -0.229. The van der Waals surface area contributed by atoms with Gasteiger partial charge in [-0.05, 0) is 30.3 Å². The van der Waals surface area contributed by atoms with Crippen LogP contribution in [0.4, 0.5) is 0 Å². The molecule has 0 bridgehead atoms. The van der Waals surface area contributed by atoms with Gasteiger partial charge in [0.1, 0.15) is 5.75 Å². The molecule has 0 aliphatic rings. The number of nitrogens with zero attached hydrogens (tertiary/aromatic N) is 1. The van der Waals surface area contributed by atoms with Crippen molar-refractivity contribution < 1.29 is 9.53 Å². The molecule has 1 aromatic heterocycles. The first-order valence-electron chi connectivity index (χ1n) is 6.26. The van der Waals surface area contributed by atoms with Crippen LogP contribution in [0.15, 0.2) is 48.5 Å². The maximum Gasteiger partial charge on any atom is 0.310 e. The lowest BCUT2D eigenvalue weighted by Crippen LogP contribution is -2.05. The second-order valence-corrected chi connectivity index (χ2v) is 4.36. The molecule has 2 aromatic carbocycles. The molecule has 94 valence electrons. The maximum absolute atomic E-state index is 11.3. The van der Waals surface area contributed by atoms with E-state index in [4.69, 9.17) is 4.74 Å². The van der Waals surface area contributed by atoms with E-state index in [0.29, 0.717) is 12.2 Å². The summed E-state index contributed by atoms with van der Waals surface area (Å²) in [6, 6.07) is 15.5. The quantitative estimate of drug-likeness (QED) is 0.396. The van der Waals surface area contributed by atoms with Crippen LogP contribution in [0.2, 0.25) is 0 Å².